The molecule has 0 aromatic heterocycles. The Morgan fingerprint density at radius 2 is 1.44 bits per heavy atom. The maximum Gasteiger partial charge on any atom is 0.243 e. The first kappa shape index (κ1) is 28.9. The lowest BCUT2D eigenvalue weighted by Gasteiger charge is -2.26. The fourth-order valence-electron chi connectivity index (χ4n) is 4.21. The summed E-state index contributed by atoms with van der Waals surface area (Å²) < 4.78 is 60.3. The van der Waals surface area contributed by atoms with Gasteiger partial charge in [-0.3, -0.25) is 4.79 Å². The first-order valence-electron chi connectivity index (χ1n) is 12.7. The third-order valence-corrected chi connectivity index (χ3v) is 10.00. The van der Waals surface area contributed by atoms with Gasteiger partial charge in [0.25, 0.3) is 0 Å². The third kappa shape index (κ3) is 7.74. The van der Waals surface area contributed by atoms with E-state index in [1.54, 1.807) is 55.5 Å². The SMILES string of the molecule is CC(NS(=O)(=O)c1ccc(CCC(=O)NCc2ccc(S(=O)(=O)N3CCOCC3)cc2)cc1)c1ccccc1. The molecule has 39 heavy (non-hydrogen) atoms. The Hall–Kier alpha value is -3.09. The summed E-state index contributed by atoms with van der Waals surface area (Å²) in [5.74, 6) is -0.157. The molecule has 2 N–H and O–H groups in total. The number of hydrogen-bond acceptors (Lipinski definition) is 6. The summed E-state index contributed by atoms with van der Waals surface area (Å²) in [4.78, 5) is 12.8. The van der Waals surface area contributed by atoms with Crippen molar-refractivity contribution in [1.82, 2.24) is 14.3 Å². The molecule has 0 bridgehead atoms. The number of nitrogens with one attached hydrogen (secondary N) is 2. The van der Waals surface area contributed by atoms with E-state index in [0.29, 0.717) is 32.7 Å². The largest absolute Gasteiger partial charge is 0.379 e. The highest BCUT2D eigenvalue weighted by Crippen LogP contribution is 2.19. The van der Waals surface area contributed by atoms with Gasteiger partial charge in [0.2, 0.25) is 26.0 Å². The zero-order chi connectivity index (χ0) is 27.9. The van der Waals surface area contributed by atoms with Crippen molar-refractivity contribution in [2.24, 2.45) is 0 Å². The number of aryl methyl sites for hydroxylation is 1. The van der Waals surface area contributed by atoms with Crippen molar-refractivity contribution in [2.75, 3.05) is 26.3 Å². The number of ether oxygens (including phenoxy) is 1. The summed E-state index contributed by atoms with van der Waals surface area (Å²) in [6.07, 6.45) is 0.690. The average molecular weight is 572 g/mol. The summed E-state index contributed by atoms with van der Waals surface area (Å²) >= 11 is 0. The van der Waals surface area contributed by atoms with Gasteiger partial charge in [0.05, 0.1) is 23.0 Å². The summed E-state index contributed by atoms with van der Waals surface area (Å²) in [6, 6.07) is 22.0. The van der Waals surface area contributed by atoms with E-state index >= 15 is 0 Å². The predicted octanol–water partition coefficient (Wildman–Crippen LogP) is 3.00. The second-order valence-corrected chi connectivity index (χ2v) is 13.0. The molecule has 11 heteroatoms. The van der Waals surface area contributed by atoms with Crippen LogP contribution in [0.5, 0.6) is 0 Å². The first-order chi connectivity index (χ1) is 18.6. The average Bonchev–Trinajstić information content (AvgIpc) is 2.96. The minimum Gasteiger partial charge on any atom is -0.379 e. The monoisotopic (exact) mass is 571 g/mol. The van der Waals surface area contributed by atoms with Crippen LogP contribution in [0.15, 0.2) is 88.7 Å². The lowest BCUT2D eigenvalue weighted by atomic mass is 10.1. The Morgan fingerprint density at radius 1 is 0.846 bits per heavy atom. The van der Waals surface area contributed by atoms with Crippen molar-refractivity contribution in [1.29, 1.82) is 0 Å². The number of nitrogens with zero attached hydrogens (tertiary/aromatic N) is 1. The second-order valence-electron chi connectivity index (χ2n) is 9.33. The van der Waals surface area contributed by atoms with Crippen molar-refractivity contribution < 1.29 is 26.4 Å². The van der Waals surface area contributed by atoms with Gasteiger partial charge >= 0.3 is 0 Å². The van der Waals surface area contributed by atoms with Crippen LogP contribution < -0.4 is 10.0 Å². The molecule has 9 nitrogen and oxygen atoms in total. The summed E-state index contributed by atoms with van der Waals surface area (Å²) in [5, 5.41) is 2.84. The van der Waals surface area contributed by atoms with Crippen molar-refractivity contribution in [3.63, 3.8) is 0 Å². The van der Waals surface area contributed by atoms with Crippen LogP contribution in [-0.2, 0) is 42.5 Å². The van der Waals surface area contributed by atoms with E-state index in [1.165, 1.54) is 4.31 Å². The van der Waals surface area contributed by atoms with E-state index < -0.39 is 20.0 Å². The van der Waals surface area contributed by atoms with Crippen LogP contribution in [0.1, 0.15) is 36.1 Å². The van der Waals surface area contributed by atoms with Crippen LogP contribution in [0.4, 0.5) is 0 Å². The van der Waals surface area contributed by atoms with Gasteiger partial charge in [-0.05, 0) is 54.3 Å². The molecule has 1 heterocycles. The quantitative estimate of drug-likeness (QED) is 0.365. The fourth-order valence-corrected chi connectivity index (χ4v) is 6.85. The van der Waals surface area contributed by atoms with Crippen LogP contribution in [0.2, 0.25) is 0 Å². The molecule has 0 radical (unpaired) electrons. The molecule has 1 unspecified atom stereocenters. The third-order valence-electron chi connectivity index (χ3n) is 6.53. The molecule has 0 saturated carbocycles. The molecule has 1 aliphatic heterocycles. The topological polar surface area (TPSA) is 122 Å². The highest BCUT2D eigenvalue weighted by molar-refractivity contribution is 7.89. The van der Waals surface area contributed by atoms with Gasteiger partial charge < -0.3 is 10.1 Å². The van der Waals surface area contributed by atoms with E-state index in [-0.39, 0.29) is 34.7 Å². The van der Waals surface area contributed by atoms with E-state index in [4.69, 9.17) is 4.74 Å². The molecular weight excluding hydrogens is 538 g/mol. The maximum absolute atomic E-state index is 12.8. The number of rotatable bonds is 11. The van der Waals surface area contributed by atoms with Crippen molar-refractivity contribution in [3.05, 3.63) is 95.6 Å². The van der Waals surface area contributed by atoms with Crippen molar-refractivity contribution >= 4 is 26.0 Å². The minimum atomic E-state index is -3.69. The molecule has 1 aliphatic rings. The van der Waals surface area contributed by atoms with Gasteiger partial charge in [0, 0.05) is 32.1 Å². The van der Waals surface area contributed by atoms with E-state index in [0.717, 1.165) is 16.7 Å². The molecule has 4 rings (SSSR count). The standard InChI is InChI=1S/C28H33N3O6S2/c1-22(25-5-3-2-4-6-25)30-38(33,34)26-12-7-23(8-13-26)11-16-28(32)29-21-24-9-14-27(15-10-24)39(35,36)31-17-19-37-20-18-31/h2-10,12-15,22,30H,11,16-21H2,1H3,(H,29,32). The first-order valence-corrected chi connectivity index (χ1v) is 15.7. The van der Waals surface area contributed by atoms with Crippen LogP contribution >= 0.6 is 0 Å². The minimum absolute atomic E-state index is 0.157. The lowest BCUT2D eigenvalue weighted by Crippen LogP contribution is -2.40. The Labute approximate surface area is 230 Å². The molecule has 0 spiro atoms. The summed E-state index contributed by atoms with van der Waals surface area (Å²) in [7, 11) is -7.25. The van der Waals surface area contributed by atoms with E-state index in [1.807, 2.05) is 30.3 Å². The highest BCUT2D eigenvalue weighted by atomic mass is 32.2. The number of morpholine rings is 1. The van der Waals surface area contributed by atoms with Gasteiger partial charge in [-0.1, -0.05) is 54.6 Å². The molecular formula is C28H33N3O6S2. The van der Waals surface area contributed by atoms with Gasteiger partial charge in [0.1, 0.15) is 0 Å². The zero-order valence-electron chi connectivity index (χ0n) is 21.7. The normalized spacial score (nSPS) is 15.5. The van der Waals surface area contributed by atoms with E-state index in [9.17, 15) is 21.6 Å². The van der Waals surface area contributed by atoms with Gasteiger partial charge in [-0.15, -0.1) is 0 Å². The number of hydrogen-bond donors (Lipinski definition) is 2. The number of amides is 1. The fraction of sp³-hybridized carbons (Fsp3) is 0.321. The highest BCUT2D eigenvalue weighted by Gasteiger charge is 2.26. The molecule has 3 aromatic rings. The van der Waals surface area contributed by atoms with Crippen LogP contribution in [-0.4, -0.2) is 53.4 Å². The van der Waals surface area contributed by atoms with Crippen LogP contribution in [0, 0.1) is 0 Å². The second kappa shape index (κ2) is 12.8. The van der Waals surface area contributed by atoms with Gasteiger partial charge in [0.15, 0.2) is 0 Å². The van der Waals surface area contributed by atoms with Crippen molar-refractivity contribution in [2.45, 2.75) is 42.1 Å². The molecule has 0 aliphatic carbocycles. The van der Waals surface area contributed by atoms with Gasteiger partial charge in [-0.25, -0.2) is 21.6 Å². The Morgan fingerprint density at radius 3 is 2.08 bits per heavy atom. The number of sulfonamides is 2. The van der Waals surface area contributed by atoms with Crippen LogP contribution in [0.25, 0.3) is 0 Å². The van der Waals surface area contributed by atoms with Gasteiger partial charge in [-0.2, -0.15) is 4.31 Å². The van der Waals surface area contributed by atoms with Crippen LogP contribution in [0.3, 0.4) is 0 Å². The number of carbonyl (C=O) groups is 1. The molecule has 1 atom stereocenters. The summed E-state index contributed by atoms with van der Waals surface area (Å²) in [6.45, 7) is 3.52. The Kier molecular flexibility index (Phi) is 9.52. The number of benzene rings is 3. The molecule has 3 aromatic carbocycles. The zero-order valence-corrected chi connectivity index (χ0v) is 23.4. The lowest BCUT2D eigenvalue weighted by molar-refractivity contribution is -0.121. The molecule has 1 saturated heterocycles. The Balaban J connectivity index is 1.24. The molecule has 208 valence electrons. The maximum atomic E-state index is 12.8. The Bertz CT molecular complexity index is 1450. The van der Waals surface area contributed by atoms with E-state index in [2.05, 4.69) is 10.0 Å². The number of carbonyl (C=O) groups excluding carboxylic acids is 1. The predicted molar refractivity (Wildman–Crippen MR) is 148 cm³/mol. The molecule has 1 fully saturated rings. The smallest absolute Gasteiger partial charge is 0.243 e. The summed E-state index contributed by atoms with van der Waals surface area (Å²) in [5.41, 5.74) is 2.51. The molecule has 1 amide bonds. The van der Waals surface area contributed by atoms with Crippen molar-refractivity contribution in [3.8, 4) is 0 Å².